The van der Waals surface area contributed by atoms with Gasteiger partial charge in [0.2, 0.25) is 5.91 Å². The van der Waals surface area contributed by atoms with E-state index in [0.29, 0.717) is 18.0 Å². The molecule has 7 nitrogen and oxygen atoms in total. The van der Waals surface area contributed by atoms with Crippen LogP contribution >= 0.6 is 0 Å². The van der Waals surface area contributed by atoms with Gasteiger partial charge >= 0.3 is 0 Å². The SMILES string of the molecule is Cc1cc(NC(=O)C(Cc2ccccc2)NC(=O)c2ccccn2)no1. The fourth-order valence-electron chi connectivity index (χ4n) is 2.43. The van der Waals surface area contributed by atoms with Crippen molar-refractivity contribution >= 4 is 17.6 Å². The number of nitrogens with zero attached hydrogens (tertiary/aromatic N) is 2. The summed E-state index contributed by atoms with van der Waals surface area (Å²) >= 11 is 0. The van der Waals surface area contributed by atoms with Crippen LogP contribution < -0.4 is 10.6 Å². The lowest BCUT2D eigenvalue weighted by Crippen LogP contribution is -2.45. The Hall–Kier alpha value is -3.48. The number of amides is 2. The average molecular weight is 350 g/mol. The van der Waals surface area contributed by atoms with Crippen LogP contribution in [0.4, 0.5) is 5.82 Å². The molecule has 2 heterocycles. The lowest BCUT2D eigenvalue weighted by molar-refractivity contribution is -0.118. The van der Waals surface area contributed by atoms with Crippen LogP contribution in [-0.4, -0.2) is 28.0 Å². The summed E-state index contributed by atoms with van der Waals surface area (Å²) in [7, 11) is 0. The summed E-state index contributed by atoms with van der Waals surface area (Å²) in [6, 6.07) is 15.3. The van der Waals surface area contributed by atoms with Crippen molar-refractivity contribution in [1.29, 1.82) is 0 Å². The smallest absolute Gasteiger partial charge is 0.270 e. The summed E-state index contributed by atoms with van der Waals surface area (Å²) in [5, 5.41) is 9.15. The summed E-state index contributed by atoms with van der Waals surface area (Å²) < 4.78 is 4.95. The molecular weight excluding hydrogens is 332 g/mol. The number of rotatable bonds is 6. The lowest BCUT2D eigenvalue weighted by Gasteiger charge is -2.17. The van der Waals surface area contributed by atoms with Crippen LogP contribution in [0.5, 0.6) is 0 Å². The van der Waals surface area contributed by atoms with Gasteiger partial charge in [0, 0.05) is 18.7 Å². The molecule has 1 aromatic carbocycles. The van der Waals surface area contributed by atoms with Gasteiger partial charge < -0.3 is 15.2 Å². The third-order valence-electron chi connectivity index (χ3n) is 3.68. The van der Waals surface area contributed by atoms with E-state index in [9.17, 15) is 9.59 Å². The first-order chi connectivity index (χ1) is 12.6. The van der Waals surface area contributed by atoms with E-state index in [1.807, 2.05) is 30.3 Å². The van der Waals surface area contributed by atoms with Gasteiger partial charge in [-0.05, 0) is 24.6 Å². The number of carbonyl (C=O) groups excluding carboxylic acids is 2. The molecule has 3 aromatic rings. The Balaban J connectivity index is 1.76. The van der Waals surface area contributed by atoms with Crippen LogP contribution in [0.25, 0.3) is 0 Å². The Kier molecular flexibility index (Phi) is 5.38. The van der Waals surface area contributed by atoms with Gasteiger partial charge in [0.1, 0.15) is 17.5 Å². The van der Waals surface area contributed by atoms with Crippen molar-refractivity contribution in [2.24, 2.45) is 0 Å². The van der Waals surface area contributed by atoms with E-state index in [0.717, 1.165) is 5.56 Å². The topological polar surface area (TPSA) is 97.1 Å². The first kappa shape index (κ1) is 17.3. The zero-order chi connectivity index (χ0) is 18.4. The molecule has 0 fully saturated rings. The van der Waals surface area contributed by atoms with Gasteiger partial charge in [0.15, 0.2) is 5.82 Å². The Morgan fingerprint density at radius 2 is 1.88 bits per heavy atom. The van der Waals surface area contributed by atoms with Crippen LogP contribution in [0, 0.1) is 6.92 Å². The van der Waals surface area contributed by atoms with Gasteiger partial charge in [-0.25, -0.2) is 0 Å². The molecule has 2 N–H and O–H groups in total. The molecule has 0 aliphatic heterocycles. The van der Waals surface area contributed by atoms with Crippen molar-refractivity contribution in [3.63, 3.8) is 0 Å². The normalized spacial score (nSPS) is 11.6. The van der Waals surface area contributed by atoms with Crippen molar-refractivity contribution in [3.8, 4) is 0 Å². The van der Waals surface area contributed by atoms with Gasteiger partial charge in [-0.1, -0.05) is 41.6 Å². The van der Waals surface area contributed by atoms with Gasteiger partial charge in [-0.15, -0.1) is 0 Å². The van der Waals surface area contributed by atoms with Crippen LogP contribution in [-0.2, 0) is 11.2 Å². The molecule has 2 aromatic heterocycles. The number of pyridine rings is 1. The second-order valence-corrected chi connectivity index (χ2v) is 5.74. The molecule has 0 radical (unpaired) electrons. The summed E-state index contributed by atoms with van der Waals surface area (Å²) in [6.45, 7) is 1.73. The largest absolute Gasteiger partial charge is 0.360 e. The van der Waals surface area contributed by atoms with E-state index >= 15 is 0 Å². The molecule has 2 amide bonds. The average Bonchev–Trinajstić information content (AvgIpc) is 3.07. The Morgan fingerprint density at radius 1 is 1.12 bits per heavy atom. The Morgan fingerprint density at radius 3 is 2.54 bits per heavy atom. The minimum absolute atomic E-state index is 0.246. The van der Waals surface area contributed by atoms with E-state index in [-0.39, 0.29) is 11.6 Å². The van der Waals surface area contributed by atoms with Crippen molar-refractivity contribution < 1.29 is 14.1 Å². The molecular formula is C19H18N4O3. The summed E-state index contributed by atoms with van der Waals surface area (Å²) in [5.74, 6) is 0.0829. The third-order valence-corrected chi connectivity index (χ3v) is 3.68. The van der Waals surface area contributed by atoms with E-state index in [1.165, 1.54) is 6.20 Å². The molecule has 3 rings (SSSR count). The fourth-order valence-corrected chi connectivity index (χ4v) is 2.43. The van der Waals surface area contributed by atoms with Gasteiger partial charge in [-0.2, -0.15) is 0 Å². The minimum atomic E-state index is -0.788. The summed E-state index contributed by atoms with van der Waals surface area (Å²) in [5.41, 5.74) is 1.17. The molecule has 0 aliphatic rings. The van der Waals surface area contributed by atoms with Crippen molar-refractivity contribution in [3.05, 3.63) is 77.8 Å². The summed E-state index contributed by atoms with van der Waals surface area (Å²) in [4.78, 5) is 29.1. The summed E-state index contributed by atoms with van der Waals surface area (Å²) in [6.07, 6.45) is 1.86. The number of hydrogen-bond acceptors (Lipinski definition) is 5. The molecule has 26 heavy (non-hydrogen) atoms. The van der Waals surface area contributed by atoms with E-state index in [4.69, 9.17) is 4.52 Å². The van der Waals surface area contributed by atoms with Crippen molar-refractivity contribution in [1.82, 2.24) is 15.5 Å². The second-order valence-electron chi connectivity index (χ2n) is 5.74. The lowest BCUT2D eigenvalue weighted by atomic mass is 10.0. The van der Waals surface area contributed by atoms with E-state index in [2.05, 4.69) is 20.8 Å². The van der Waals surface area contributed by atoms with Crippen LogP contribution in [0.15, 0.2) is 65.3 Å². The van der Waals surface area contributed by atoms with Crippen LogP contribution in [0.3, 0.4) is 0 Å². The molecule has 0 aliphatic carbocycles. The highest BCUT2D eigenvalue weighted by Gasteiger charge is 2.23. The zero-order valence-corrected chi connectivity index (χ0v) is 14.2. The predicted molar refractivity (Wildman–Crippen MR) is 95.5 cm³/mol. The molecule has 0 saturated carbocycles. The van der Waals surface area contributed by atoms with Crippen molar-refractivity contribution in [2.45, 2.75) is 19.4 Å². The molecule has 1 unspecified atom stereocenters. The minimum Gasteiger partial charge on any atom is -0.360 e. The number of carbonyl (C=O) groups is 2. The predicted octanol–water partition coefficient (Wildman–Crippen LogP) is 2.36. The van der Waals surface area contributed by atoms with E-state index < -0.39 is 11.9 Å². The molecule has 0 saturated heterocycles. The second kappa shape index (κ2) is 8.06. The zero-order valence-electron chi connectivity index (χ0n) is 14.2. The van der Waals surface area contributed by atoms with Gasteiger partial charge in [0.05, 0.1) is 0 Å². The maximum Gasteiger partial charge on any atom is 0.270 e. The molecule has 1 atom stereocenters. The number of anilines is 1. The molecule has 7 heteroatoms. The monoisotopic (exact) mass is 350 g/mol. The molecule has 0 bridgehead atoms. The quantitative estimate of drug-likeness (QED) is 0.711. The first-order valence-electron chi connectivity index (χ1n) is 8.12. The number of nitrogens with one attached hydrogen (secondary N) is 2. The third kappa shape index (κ3) is 4.54. The first-order valence-corrected chi connectivity index (χ1v) is 8.12. The highest BCUT2D eigenvalue weighted by atomic mass is 16.5. The van der Waals surface area contributed by atoms with Gasteiger partial charge in [0.25, 0.3) is 5.91 Å². The maximum absolute atomic E-state index is 12.7. The van der Waals surface area contributed by atoms with Crippen molar-refractivity contribution in [2.75, 3.05) is 5.32 Å². The highest BCUT2D eigenvalue weighted by Crippen LogP contribution is 2.10. The maximum atomic E-state index is 12.7. The van der Waals surface area contributed by atoms with Crippen LogP contribution in [0.2, 0.25) is 0 Å². The number of aromatic nitrogens is 2. The van der Waals surface area contributed by atoms with Gasteiger partial charge in [-0.3, -0.25) is 14.6 Å². The fraction of sp³-hybridized carbons (Fsp3) is 0.158. The Labute approximate surface area is 150 Å². The number of benzene rings is 1. The number of aryl methyl sites for hydroxylation is 1. The molecule has 132 valence electrons. The highest BCUT2D eigenvalue weighted by molar-refractivity contribution is 6.00. The number of hydrogen-bond donors (Lipinski definition) is 2. The van der Waals surface area contributed by atoms with Crippen LogP contribution in [0.1, 0.15) is 21.8 Å². The molecule has 0 spiro atoms. The standard InChI is InChI=1S/C19H18N4O3/c1-13-11-17(23-26-13)22-19(25)16(12-14-7-3-2-4-8-14)21-18(24)15-9-5-6-10-20-15/h2-11,16H,12H2,1H3,(H,21,24)(H,22,23,25). The van der Waals surface area contributed by atoms with E-state index in [1.54, 1.807) is 31.2 Å². The Bertz CT molecular complexity index is 878.